The fourth-order valence-corrected chi connectivity index (χ4v) is 2.44. The average Bonchev–Trinajstić information content (AvgIpc) is 2.45. The molecule has 1 aromatic rings. The summed E-state index contributed by atoms with van der Waals surface area (Å²) in [5, 5.41) is 9.21. The van der Waals surface area contributed by atoms with Gasteiger partial charge in [-0.1, -0.05) is 0 Å². The first-order valence-corrected chi connectivity index (χ1v) is 6.69. The lowest BCUT2D eigenvalue weighted by Crippen LogP contribution is -2.48. The van der Waals surface area contributed by atoms with E-state index in [1.165, 1.54) is 4.90 Å². The van der Waals surface area contributed by atoms with Crippen LogP contribution in [0, 0.1) is 5.41 Å². The molecule has 1 atom stereocenters. The van der Waals surface area contributed by atoms with Crippen LogP contribution >= 0.6 is 0 Å². The van der Waals surface area contributed by atoms with E-state index >= 15 is 0 Å². The molecule has 5 nitrogen and oxygen atoms in total. The fourth-order valence-electron chi connectivity index (χ4n) is 2.44. The van der Waals surface area contributed by atoms with Gasteiger partial charge in [-0.3, -0.25) is 14.6 Å². The van der Waals surface area contributed by atoms with E-state index in [2.05, 4.69) is 4.98 Å². The van der Waals surface area contributed by atoms with Crippen molar-refractivity contribution in [1.82, 2.24) is 9.88 Å². The first-order chi connectivity index (χ1) is 10.1. The lowest BCUT2D eigenvalue weighted by atomic mass is 9.82. The Labute approximate surface area is 124 Å². The number of aliphatic carboxylic acids is 1. The van der Waals surface area contributed by atoms with Gasteiger partial charge in [0.25, 0.3) is 5.91 Å². The zero-order valence-corrected chi connectivity index (χ0v) is 11.9. The highest BCUT2D eigenvalue weighted by molar-refractivity contribution is 5.92. The lowest BCUT2D eigenvalue weighted by Gasteiger charge is -2.37. The first-order valence-electron chi connectivity index (χ1n) is 6.69. The molecule has 1 fully saturated rings. The van der Waals surface area contributed by atoms with Crippen molar-refractivity contribution < 1.29 is 27.9 Å². The van der Waals surface area contributed by atoms with Crippen LogP contribution in [0.25, 0.3) is 0 Å². The number of carbonyl (C=O) groups is 2. The summed E-state index contributed by atoms with van der Waals surface area (Å²) in [6, 6.07) is 1.80. The summed E-state index contributed by atoms with van der Waals surface area (Å²) < 4.78 is 37.4. The van der Waals surface area contributed by atoms with Crippen LogP contribution in [0.3, 0.4) is 0 Å². The summed E-state index contributed by atoms with van der Waals surface area (Å²) in [6.07, 6.45) is -2.93. The highest BCUT2D eigenvalue weighted by Gasteiger charge is 2.40. The van der Waals surface area contributed by atoms with Gasteiger partial charge in [0, 0.05) is 19.3 Å². The summed E-state index contributed by atoms with van der Waals surface area (Å²) in [7, 11) is 0. The van der Waals surface area contributed by atoms with Crippen molar-refractivity contribution in [2.75, 3.05) is 13.1 Å². The van der Waals surface area contributed by atoms with Gasteiger partial charge in [0.1, 0.15) is 5.69 Å². The second-order valence-corrected chi connectivity index (χ2v) is 5.63. The summed E-state index contributed by atoms with van der Waals surface area (Å²) in [6.45, 7) is 1.93. The maximum atomic E-state index is 12.5. The van der Waals surface area contributed by atoms with Crippen molar-refractivity contribution in [2.24, 2.45) is 5.41 Å². The van der Waals surface area contributed by atoms with Crippen LogP contribution in [-0.4, -0.2) is 40.0 Å². The van der Waals surface area contributed by atoms with Crippen LogP contribution in [0.15, 0.2) is 18.3 Å². The minimum absolute atomic E-state index is 0.0177. The number of hydrogen-bond acceptors (Lipinski definition) is 3. The number of nitrogens with zero attached hydrogens (tertiary/aromatic N) is 2. The Kier molecular flexibility index (Phi) is 4.12. The molecule has 0 aromatic carbocycles. The van der Waals surface area contributed by atoms with E-state index in [0.29, 0.717) is 25.6 Å². The molecule has 1 amide bonds. The van der Waals surface area contributed by atoms with Crippen molar-refractivity contribution in [3.63, 3.8) is 0 Å². The molecule has 0 saturated carbocycles. The maximum absolute atomic E-state index is 12.5. The van der Waals surface area contributed by atoms with Gasteiger partial charge in [-0.05, 0) is 31.9 Å². The third kappa shape index (κ3) is 3.20. The van der Waals surface area contributed by atoms with Crippen LogP contribution in [0.1, 0.15) is 35.8 Å². The summed E-state index contributed by atoms with van der Waals surface area (Å²) in [5.74, 6) is -1.55. The smallest absolute Gasteiger partial charge is 0.417 e. The highest BCUT2D eigenvalue weighted by Crippen LogP contribution is 2.31. The summed E-state index contributed by atoms with van der Waals surface area (Å²) >= 11 is 0. The number of pyridine rings is 1. The molecule has 8 heteroatoms. The Morgan fingerprint density at radius 2 is 2.05 bits per heavy atom. The van der Waals surface area contributed by atoms with Gasteiger partial charge in [-0.2, -0.15) is 13.2 Å². The van der Waals surface area contributed by atoms with Crippen molar-refractivity contribution in [2.45, 2.75) is 25.9 Å². The molecule has 0 spiro atoms. The van der Waals surface area contributed by atoms with Crippen LogP contribution in [0.2, 0.25) is 0 Å². The van der Waals surface area contributed by atoms with Crippen molar-refractivity contribution in [3.8, 4) is 0 Å². The Balaban J connectivity index is 2.16. The van der Waals surface area contributed by atoms with Gasteiger partial charge in [0.05, 0.1) is 11.0 Å². The molecular formula is C14H15F3N2O3. The van der Waals surface area contributed by atoms with E-state index in [9.17, 15) is 27.9 Å². The maximum Gasteiger partial charge on any atom is 0.417 e. The molecule has 1 N–H and O–H groups in total. The summed E-state index contributed by atoms with van der Waals surface area (Å²) in [5.41, 5.74) is -2.10. The predicted octanol–water partition coefficient (Wildman–Crippen LogP) is 2.43. The first kappa shape index (κ1) is 16.3. The Hall–Kier alpha value is -2.12. The number of alkyl halides is 3. The average molecular weight is 316 g/mol. The molecule has 1 aromatic heterocycles. The third-order valence-electron chi connectivity index (χ3n) is 3.81. The molecular weight excluding hydrogens is 301 g/mol. The normalized spacial score (nSPS) is 22.5. The molecule has 1 saturated heterocycles. The minimum Gasteiger partial charge on any atom is -0.481 e. The molecule has 2 rings (SSSR count). The molecule has 120 valence electrons. The second kappa shape index (κ2) is 5.58. The van der Waals surface area contributed by atoms with Crippen molar-refractivity contribution >= 4 is 11.9 Å². The van der Waals surface area contributed by atoms with Gasteiger partial charge in [0.15, 0.2) is 0 Å². The number of likely N-dealkylation sites (tertiary alicyclic amines) is 1. The molecule has 0 radical (unpaired) electrons. The van der Waals surface area contributed by atoms with E-state index in [1.54, 1.807) is 6.92 Å². The number of aromatic nitrogens is 1. The SMILES string of the molecule is CC1(C(=O)O)CCCN(C(=O)c2ccc(C(F)(F)F)cn2)C1. The van der Waals surface area contributed by atoms with Gasteiger partial charge in [-0.25, -0.2) is 0 Å². The number of halogens is 3. The highest BCUT2D eigenvalue weighted by atomic mass is 19.4. The van der Waals surface area contributed by atoms with Gasteiger partial charge < -0.3 is 10.0 Å². The molecule has 2 heterocycles. The number of hydrogen-bond donors (Lipinski definition) is 1. The van der Waals surface area contributed by atoms with Gasteiger partial charge in [0.2, 0.25) is 0 Å². The molecule has 0 aliphatic carbocycles. The molecule has 0 bridgehead atoms. The van der Waals surface area contributed by atoms with Crippen LogP contribution in [-0.2, 0) is 11.0 Å². The Bertz CT molecular complexity index is 586. The third-order valence-corrected chi connectivity index (χ3v) is 3.81. The van der Waals surface area contributed by atoms with E-state index in [0.717, 1.165) is 12.1 Å². The lowest BCUT2D eigenvalue weighted by molar-refractivity contribution is -0.150. The number of piperidine rings is 1. The minimum atomic E-state index is -4.51. The van der Waals surface area contributed by atoms with Gasteiger partial charge in [-0.15, -0.1) is 0 Å². The number of carboxylic acid groups (broad SMARTS) is 1. The monoisotopic (exact) mass is 316 g/mol. The molecule has 1 aliphatic heterocycles. The van der Waals surface area contributed by atoms with E-state index in [-0.39, 0.29) is 12.2 Å². The van der Waals surface area contributed by atoms with Crippen LogP contribution < -0.4 is 0 Å². The Morgan fingerprint density at radius 1 is 1.36 bits per heavy atom. The number of carboxylic acids is 1. The van der Waals surface area contributed by atoms with Crippen LogP contribution in [0.4, 0.5) is 13.2 Å². The zero-order chi connectivity index (χ0) is 16.5. The van der Waals surface area contributed by atoms with Crippen LogP contribution in [0.5, 0.6) is 0 Å². The predicted molar refractivity (Wildman–Crippen MR) is 70.1 cm³/mol. The standard InChI is InChI=1S/C14H15F3N2O3/c1-13(12(21)22)5-2-6-19(8-13)11(20)10-4-3-9(7-18-10)14(15,16)17/h3-4,7H,2,5-6,8H2,1H3,(H,21,22). The summed E-state index contributed by atoms with van der Waals surface area (Å²) in [4.78, 5) is 28.4. The zero-order valence-electron chi connectivity index (χ0n) is 11.9. The number of rotatable bonds is 2. The quantitative estimate of drug-likeness (QED) is 0.909. The largest absolute Gasteiger partial charge is 0.481 e. The van der Waals surface area contributed by atoms with E-state index in [1.807, 2.05) is 0 Å². The topological polar surface area (TPSA) is 70.5 Å². The molecule has 1 unspecified atom stereocenters. The van der Waals surface area contributed by atoms with E-state index in [4.69, 9.17) is 0 Å². The fraction of sp³-hybridized carbons (Fsp3) is 0.500. The second-order valence-electron chi connectivity index (χ2n) is 5.63. The van der Waals surface area contributed by atoms with E-state index < -0.39 is 29.0 Å². The molecule has 22 heavy (non-hydrogen) atoms. The van der Waals surface area contributed by atoms with Crippen molar-refractivity contribution in [3.05, 3.63) is 29.6 Å². The van der Waals surface area contributed by atoms with Crippen molar-refractivity contribution in [1.29, 1.82) is 0 Å². The molecule has 1 aliphatic rings. The number of carbonyl (C=O) groups excluding carboxylic acids is 1. The van der Waals surface area contributed by atoms with Gasteiger partial charge >= 0.3 is 12.1 Å². The number of amides is 1. The Morgan fingerprint density at radius 3 is 2.55 bits per heavy atom.